The van der Waals surface area contributed by atoms with Gasteiger partial charge in [-0.05, 0) is 54.2 Å². The van der Waals surface area contributed by atoms with Gasteiger partial charge in [0.05, 0.1) is 25.3 Å². The zero-order valence-corrected chi connectivity index (χ0v) is 17.4. The molecule has 1 amide bonds. The van der Waals surface area contributed by atoms with Gasteiger partial charge in [0.15, 0.2) is 0 Å². The molecule has 1 aliphatic carbocycles. The Morgan fingerprint density at radius 2 is 1.72 bits per heavy atom. The molecule has 0 unspecified atom stereocenters. The molecule has 1 aromatic heterocycles. The zero-order valence-electron chi connectivity index (χ0n) is 16.5. The molecular formula is C23H23NO4S. The van der Waals surface area contributed by atoms with Crippen LogP contribution in [-0.2, 0) is 17.6 Å². The van der Waals surface area contributed by atoms with Crippen LogP contribution >= 0.6 is 11.3 Å². The average molecular weight is 410 g/mol. The highest BCUT2D eigenvalue weighted by Gasteiger charge is 2.27. The van der Waals surface area contributed by atoms with Gasteiger partial charge in [0.25, 0.3) is 5.91 Å². The van der Waals surface area contributed by atoms with Crippen LogP contribution in [-0.4, -0.2) is 26.1 Å². The Balaban J connectivity index is 1.73. The normalized spacial score (nSPS) is 13.4. The van der Waals surface area contributed by atoms with Crippen molar-refractivity contribution in [1.82, 2.24) is 0 Å². The Hall–Kier alpha value is -2.86. The third-order valence-electron chi connectivity index (χ3n) is 5.35. The summed E-state index contributed by atoms with van der Waals surface area (Å²) < 4.78 is 10.5. The van der Waals surface area contributed by atoms with E-state index in [1.807, 2.05) is 36.4 Å². The number of hydrogen-bond donors (Lipinski definition) is 1. The van der Waals surface area contributed by atoms with Gasteiger partial charge in [-0.25, -0.2) is 4.79 Å². The summed E-state index contributed by atoms with van der Waals surface area (Å²) in [5.74, 6) is -0.196. The summed E-state index contributed by atoms with van der Waals surface area (Å²) in [7, 11) is 2.93. The van der Waals surface area contributed by atoms with Crippen LogP contribution in [0.5, 0.6) is 5.75 Å². The van der Waals surface area contributed by atoms with Crippen molar-refractivity contribution in [3.05, 3.63) is 58.0 Å². The molecule has 0 fully saturated rings. The third-order valence-corrected chi connectivity index (χ3v) is 6.56. The fraction of sp³-hybridized carbons (Fsp3) is 0.304. The van der Waals surface area contributed by atoms with Gasteiger partial charge in [0.2, 0.25) is 0 Å². The molecule has 0 bridgehead atoms. The number of esters is 1. The topological polar surface area (TPSA) is 64.6 Å². The van der Waals surface area contributed by atoms with Gasteiger partial charge in [-0.2, -0.15) is 0 Å². The lowest BCUT2D eigenvalue weighted by molar-refractivity contribution is 0.0601. The monoisotopic (exact) mass is 409 g/mol. The van der Waals surface area contributed by atoms with Gasteiger partial charge in [-0.15, -0.1) is 11.3 Å². The van der Waals surface area contributed by atoms with E-state index in [-0.39, 0.29) is 5.91 Å². The number of rotatable bonds is 4. The number of benzene rings is 2. The van der Waals surface area contributed by atoms with E-state index in [0.717, 1.165) is 48.4 Å². The van der Waals surface area contributed by atoms with Crippen LogP contribution < -0.4 is 10.1 Å². The summed E-state index contributed by atoms with van der Waals surface area (Å²) in [4.78, 5) is 26.8. The highest BCUT2D eigenvalue weighted by molar-refractivity contribution is 7.17. The van der Waals surface area contributed by atoms with E-state index < -0.39 is 5.97 Å². The molecule has 1 N–H and O–H groups in total. The quantitative estimate of drug-likeness (QED) is 0.474. The predicted octanol–water partition coefficient (Wildman–Crippen LogP) is 5.22. The van der Waals surface area contributed by atoms with Crippen molar-refractivity contribution in [2.24, 2.45) is 0 Å². The number of carbonyl (C=O) groups is 2. The van der Waals surface area contributed by atoms with Gasteiger partial charge in [0, 0.05) is 4.88 Å². The molecular weight excluding hydrogens is 386 g/mol. The van der Waals surface area contributed by atoms with Crippen molar-refractivity contribution in [2.75, 3.05) is 19.5 Å². The molecule has 0 radical (unpaired) electrons. The number of thiophene rings is 1. The molecule has 0 atom stereocenters. The van der Waals surface area contributed by atoms with Gasteiger partial charge in [-0.3, -0.25) is 4.79 Å². The van der Waals surface area contributed by atoms with Gasteiger partial charge in [-0.1, -0.05) is 30.7 Å². The second-order valence-electron chi connectivity index (χ2n) is 7.11. The van der Waals surface area contributed by atoms with Crippen LogP contribution in [0.1, 0.15) is 50.4 Å². The minimum absolute atomic E-state index is 0.297. The van der Waals surface area contributed by atoms with Crippen molar-refractivity contribution in [3.8, 4) is 5.75 Å². The van der Waals surface area contributed by atoms with Crippen LogP contribution in [0.15, 0.2) is 36.4 Å². The van der Waals surface area contributed by atoms with E-state index in [0.29, 0.717) is 21.9 Å². The number of nitrogens with one attached hydrogen (secondary N) is 1. The van der Waals surface area contributed by atoms with E-state index in [1.165, 1.54) is 23.3 Å². The first kappa shape index (κ1) is 19.5. The van der Waals surface area contributed by atoms with Crippen molar-refractivity contribution in [1.29, 1.82) is 0 Å². The Kier molecular flexibility index (Phi) is 5.53. The van der Waals surface area contributed by atoms with Crippen LogP contribution in [0.4, 0.5) is 5.00 Å². The Morgan fingerprint density at radius 3 is 2.45 bits per heavy atom. The molecule has 0 aliphatic heterocycles. The minimum atomic E-state index is -0.398. The van der Waals surface area contributed by atoms with E-state index in [2.05, 4.69) is 5.32 Å². The molecule has 0 saturated heterocycles. The standard InChI is InChI=1S/C23H23NO4S/c1-27-18-13-15-9-7-6-8-14(15)12-17(18)21(25)24-22-20(23(26)28-2)16-10-4-3-5-11-19(16)29-22/h6-9,12-13H,3-5,10-11H2,1-2H3,(H,24,25). The molecule has 29 heavy (non-hydrogen) atoms. The summed E-state index contributed by atoms with van der Waals surface area (Å²) in [6.45, 7) is 0. The van der Waals surface area contributed by atoms with Crippen molar-refractivity contribution < 1.29 is 19.1 Å². The molecule has 4 rings (SSSR count). The van der Waals surface area contributed by atoms with E-state index in [9.17, 15) is 9.59 Å². The maximum atomic E-state index is 13.1. The smallest absolute Gasteiger partial charge is 0.341 e. The Bertz CT molecular complexity index is 1090. The lowest BCUT2D eigenvalue weighted by Gasteiger charge is -2.11. The van der Waals surface area contributed by atoms with Crippen LogP contribution in [0.3, 0.4) is 0 Å². The number of fused-ring (bicyclic) bond motifs is 2. The van der Waals surface area contributed by atoms with Gasteiger partial charge in [0.1, 0.15) is 10.8 Å². The van der Waals surface area contributed by atoms with E-state index in [1.54, 1.807) is 7.11 Å². The summed E-state index contributed by atoms with van der Waals surface area (Å²) in [6, 6.07) is 11.5. The maximum absolute atomic E-state index is 13.1. The molecule has 1 heterocycles. The second kappa shape index (κ2) is 8.25. The van der Waals surface area contributed by atoms with Gasteiger partial charge >= 0.3 is 5.97 Å². The highest BCUT2D eigenvalue weighted by atomic mass is 32.1. The number of carbonyl (C=O) groups excluding carboxylic acids is 2. The Labute approximate surface area is 173 Å². The van der Waals surface area contributed by atoms with E-state index in [4.69, 9.17) is 9.47 Å². The minimum Gasteiger partial charge on any atom is -0.496 e. The zero-order chi connectivity index (χ0) is 20.4. The van der Waals surface area contributed by atoms with Crippen LogP contribution in [0.25, 0.3) is 10.8 Å². The lowest BCUT2D eigenvalue weighted by Crippen LogP contribution is -2.15. The second-order valence-corrected chi connectivity index (χ2v) is 8.22. The number of methoxy groups -OCH3 is 2. The van der Waals surface area contributed by atoms with Gasteiger partial charge < -0.3 is 14.8 Å². The summed E-state index contributed by atoms with van der Waals surface area (Å²) in [5, 5.41) is 5.47. The first-order chi connectivity index (χ1) is 14.1. The average Bonchev–Trinajstić information content (AvgIpc) is 2.92. The summed E-state index contributed by atoms with van der Waals surface area (Å²) in [6.07, 6.45) is 5.06. The van der Waals surface area contributed by atoms with E-state index >= 15 is 0 Å². The molecule has 3 aromatic rings. The largest absolute Gasteiger partial charge is 0.496 e. The predicted molar refractivity (Wildman–Crippen MR) is 115 cm³/mol. The molecule has 5 nitrogen and oxygen atoms in total. The fourth-order valence-electron chi connectivity index (χ4n) is 3.88. The maximum Gasteiger partial charge on any atom is 0.341 e. The highest BCUT2D eigenvalue weighted by Crippen LogP contribution is 2.38. The number of anilines is 1. The Morgan fingerprint density at radius 1 is 1.00 bits per heavy atom. The number of aryl methyl sites for hydroxylation is 1. The SMILES string of the molecule is COC(=O)c1c(NC(=O)c2cc3ccccc3cc2OC)sc2c1CCCCC2. The van der Waals surface area contributed by atoms with Crippen molar-refractivity contribution >= 4 is 39.0 Å². The molecule has 150 valence electrons. The van der Waals surface area contributed by atoms with Crippen molar-refractivity contribution in [2.45, 2.75) is 32.1 Å². The fourth-order valence-corrected chi connectivity index (χ4v) is 5.16. The summed E-state index contributed by atoms with van der Waals surface area (Å²) >= 11 is 1.49. The molecule has 0 spiro atoms. The first-order valence-corrected chi connectivity index (χ1v) is 10.5. The van der Waals surface area contributed by atoms with Crippen LogP contribution in [0, 0.1) is 0 Å². The lowest BCUT2D eigenvalue weighted by atomic mass is 10.0. The van der Waals surface area contributed by atoms with Crippen molar-refractivity contribution in [3.63, 3.8) is 0 Å². The molecule has 1 aliphatic rings. The third kappa shape index (κ3) is 3.72. The molecule has 6 heteroatoms. The number of ether oxygens (including phenoxy) is 2. The summed E-state index contributed by atoms with van der Waals surface area (Å²) in [5.41, 5.74) is 1.97. The number of hydrogen-bond acceptors (Lipinski definition) is 5. The first-order valence-electron chi connectivity index (χ1n) is 9.73. The number of amides is 1. The van der Waals surface area contributed by atoms with Crippen LogP contribution in [0.2, 0.25) is 0 Å². The molecule has 2 aromatic carbocycles. The molecule has 0 saturated carbocycles.